The smallest absolute Gasteiger partial charge is 0.246 e. The molecule has 1 saturated heterocycles. The number of hydrogen-bond acceptors (Lipinski definition) is 5. The summed E-state index contributed by atoms with van der Waals surface area (Å²) < 4.78 is 38.0. The molecule has 6 nitrogen and oxygen atoms in total. The summed E-state index contributed by atoms with van der Waals surface area (Å²) in [7, 11) is -1.99. The predicted molar refractivity (Wildman–Crippen MR) is 96.3 cm³/mol. The first-order valence-electron chi connectivity index (χ1n) is 8.33. The Labute approximate surface area is 149 Å². The maximum absolute atomic E-state index is 12.9. The molecule has 2 aromatic rings. The molecule has 0 saturated carbocycles. The van der Waals surface area contributed by atoms with Crippen LogP contribution in [0.3, 0.4) is 0 Å². The van der Waals surface area contributed by atoms with Gasteiger partial charge in [-0.3, -0.25) is 0 Å². The van der Waals surface area contributed by atoms with Gasteiger partial charge < -0.3 is 14.1 Å². The summed E-state index contributed by atoms with van der Waals surface area (Å²) in [6.45, 7) is 6.74. The number of rotatable bonds is 5. The van der Waals surface area contributed by atoms with Crippen molar-refractivity contribution in [3.63, 3.8) is 0 Å². The third-order valence-electron chi connectivity index (χ3n) is 4.42. The number of benzene rings is 1. The average Bonchev–Trinajstić information content (AvgIpc) is 2.95. The second kappa shape index (κ2) is 7.19. The van der Waals surface area contributed by atoms with E-state index in [9.17, 15) is 8.42 Å². The Bertz CT molecular complexity index is 839. The number of nitrogens with zero attached hydrogens (tertiary/aromatic N) is 2. The van der Waals surface area contributed by atoms with E-state index in [1.807, 2.05) is 24.3 Å². The minimum absolute atomic E-state index is 0.233. The zero-order chi connectivity index (χ0) is 18.0. The highest BCUT2D eigenvalue weighted by Crippen LogP contribution is 2.27. The number of anilines is 1. The van der Waals surface area contributed by atoms with Crippen LogP contribution in [0.1, 0.15) is 17.1 Å². The highest BCUT2D eigenvalue weighted by molar-refractivity contribution is 7.89. The standard InChI is InChI=1S/C18H24N2O4S/c1-14-12-18(15(2)24-14)25(21,22)19(3)13-16-6-4-5-7-17(16)20-8-10-23-11-9-20/h4-7,12H,8-11,13H2,1-3H3. The monoisotopic (exact) mass is 364 g/mol. The molecule has 1 fully saturated rings. The van der Waals surface area contributed by atoms with Crippen molar-refractivity contribution in [2.45, 2.75) is 25.3 Å². The predicted octanol–water partition coefficient (Wildman–Crippen LogP) is 2.55. The van der Waals surface area contributed by atoms with Crippen molar-refractivity contribution in [3.8, 4) is 0 Å². The molecule has 1 aromatic heterocycles. The highest BCUT2D eigenvalue weighted by Gasteiger charge is 2.26. The van der Waals surface area contributed by atoms with Crippen LogP contribution in [0.25, 0.3) is 0 Å². The number of ether oxygens (including phenoxy) is 1. The van der Waals surface area contributed by atoms with E-state index in [4.69, 9.17) is 9.15 Å². The Morgan fingerprint density at radius 3 is 2.48 bits per heavy atom. The average molecular weight is 364 g/mol. The third kappa shape index (κ3) is 3.73. The first-order chi connectivity index (χ1) is 11.9. The van der Waals surface area contributed by atoms with Gasteiger partial charge in [-0.2, -0.15) is 4.31 Å². The van der Waals surface area contributed by atoms with Crippen molar-refractivity contribution >= 4 is 15.7 Å². The van der Waals surface area contributed by atoms with E-state index in [2.05, 4.69) is 4.90 Å². The second-order valence-electron chi connectivity index (χ2n) is 6.27. The van der Waals surface area contributed by atoms with Gasteiger partial charge in [0.1, 0.15) is 16.4 Å². The van der Waals surface area contributed by atoms with Crippen LogP contribution in [0.4, 0.5) is 5.69 Å². The first kappa shape index (κ1) is 18.0. The maximum atomic E-state index is 12.9. The zero-order valence-corrected chi connectivity index (χ0v) is 15.7. The summed E-state index contributed by atoms with van der Waals surface area (Å²) in [6, 6.07) is 9.51. The fourth-order valence-corrected chi connectivity index (χ4v) is 4.48. The van der Waals surface area contributed by atoms with Gasteiger partial charge in [0.2, 0.25) is 10.0 Å². The van der Waals surface area contributed by atoms with E-state index < -0.39 is 10.0 Å². The summed E-state index contributed by atoms with van der Waals surface area (Å²) >= 11 is 0. The van der Waals surface area contributed by atoms with Gasteiger partial charge in [0.25, 0.3) is 0 Å². The van der Waals surface area contributed by atoms with Gasteiger partial charge in [-0.25, -0.2) is 8.42 Å². The van der Waals surface area contributed by atoms with Crippen molar-refractivity contribution in [1.82, 2.24) is 4.31 Å². The van der Waals surface area contributed by atoms with Crippen LogP contribution in [0.5, 0.6) is 0 Å². The van der Waals surface area contributed by atoms with Gasteiger partial charge in [-0.1, -0.05) is 18.2 Å². The molecule has 0 aliphatic carbocycles. The molecule has 136 valence electrons. The quantitative estimate of drug-likeness (QED) is 0.816. The Balaban J connectivity index is 1.86. The lowest BCUT2D eigenvalue weighted by atomic mass is 10.1. The molecular weight excluding hydrogens is 340 g/mol. The lowest BCUT2D eigenvalue weighted by Gasteiger charge is -2.31. The molecule has 3 rings (SSSR count). The van der Waals surface area contributed by atoms with Gasteiger partial charge in [0.05, 0.1) is 13.2 Å². The largest absolute Gasteiger partial charge is 0.465 e. The maximum Gasteiger partial charge on any atom is 0.246 e. The van der Waals surface area contributed by atoms with E-state index in [1.54, 1.807) is 27.0 Å². The number of sulfonamides is 1. The van der Waals surface area contributed by atoms with Gasteiger partial charge in [0, 0.05) is 32.4 Å². The topological polar surface area (TPSA) is 63.0 Å². The molecule has 0 radical (unpaired) electrons. The molecule has 2 heterocycles. The van der Waals surface area contributed by atoms with Crippen LogP contribution in [0.2, 0.25) is 0 Å². The summed E-state index contributed by atoms with van der Waals surface area (Å²) in [5.41, 5.74) is 2.04. The molecule has 0 amide bonds. The normalized spacial score (nSPS) is 15.8. The summed E-state index contributed by atoms with van der Waals surface area (Å²) in [5.74, 6) is 1.02. The van der Waals surface area contributed by atoms with Crippen molar-refractivity contribution in [2.24, 2.45) is 0 Å². The number of aryl methyl sites for hydroxylation is 2. The van der Waals surface area contributed by atoms with Crippen LogP contribution in [0, 0.1) is 13.8 Å². The van der Waals surface area contributed by atoms with Crippen LogP contribution >= 0.6 is 0 Å². The van der Waals surface area contributed by atoms with Gasteiger partial charge in [-0.15, -0.1) is 0 Å². The van der Waals surface area contributed by atoms with Crippen molar-refractivity contribution < 1.29 is 17.6 Å². The Morgan fingerprint density at radius 1 is 1.16 bits per heavy atom. The lowest BCUT2D eigenvalue weighted by molar-refractivity contribution is 0.122. The third-order valence-corrected chi connectivity index (χ3v) is 6.33. The Morgan fingerprint density at radius 2 is 1.84 bits per heavy atom. The fraction of sp³-hybridized carbons (Fsp3) is 0.444. The van der Waals surface area contributed by atoms with Gasteiger partial charge in [-0.05, 0) is 31.5 Å². The van der Waals surface area contributed by atoms with Gasteiger partial charge >= 0.3 is 0 Å². The molecule has 7 heteroatoms. The van der Waals surface area contributed by atoms with E-state index in [1.165, 1.54) is 4.31 Å². The summed E-state index contributed by atoms with van der Waals surface area (Å²) in [4.78, 5) is 2.48. The van der Waals surface area contributed by atoms with Crippen LogP contribution in [-0.2, 0) is 21.3 Å². The molecule has 1 aliphatic rings. The number of hydrogen-bond donors (Lipinski definition) is 0. The molecule has 0 bridgehead atoms. The molecule has 25 heavy (non-hydrogen) atoms. The van der Waals surface area contributed by atoms with Crippen molar-refractivity contribution in [3.05, 3.63) is 47.4 Å². The molecule has 0 atom stereocenters. The summed E-state index contributed by atoms with van der Waals surface area (Å²) in [6.07, 6.45) is 0. The highest BCUT2D eigenvalue weighted by atomic mass is 32.2. The van der Waals surface area contributed by atoms with Gasteiger partial charge in [0.15, 0.2) is 0 Å². The van der Waals surface area contributed by atoms with E-state index in [0.29, 0.717) is 31.3 Å². The summed E-state index contributed by atoms with van der Waals surface area (Å²) in [5, 5.41) is 0. The van der Waals surface area contributed by atoms with Crippen molar-refractivity contribution in [2.75, 3.05) is 38.3 Å². The molecular formula is C18H24N2O4S. The number of para-hydroxylation sites is 1. The molecule has 0 unspecified atom stereocenters. The first-order valence-corrected chi connectivity index (χ1v) is 9.77. The van der Waals surface area contributed by atoms with Crippen molar-refractivity contribution in [1.29, 1.82) is 0 Å². The lowest BCUT2D eigenvalue weighted by Crippen LogP contribution is -2.37. The van der Waals surface area contributed by atoms with Crippen LogP contribution in [0.15, 0.2) is 39.6 Å². The Kier molecular flexibility index (Phi) is 5.17. The number of furan rings is 1. The van der Waals surface area contributed by atoms with E-state index in [-0.39, 0.29) is 4.90 Å². The molecule has 0 spiro atoms. The fourth-order valence-electron chi connectivity index (χ4n) is 3.11. The van der Waals surface area contributed by atoms with E-state index >= 15 is 0 Å². The van der Waals surface area contributed by atoms with Crippen LogP contribution in [-0.4, -0.2) is 46.1 Å². The second-order valence-corrected chi connectivity index (χ2v) is 8.28. The van der Waals surface area contributed by atoms with E-state index in [0.717, 1.165) is 24.3 Å². The molecule has 1 aliphatic heterocycles. The number of morpholine rings is 1. The SMILES string of the molecule is Cc1cc(S(=O)(=O)N(C)Cc2ccccc2N2CCOCC2)c(C)o1. The minimum atomic E-state index is -3.60. The molecule has 1 aromatic carbocycles. The Hall–Kier alpha value is -1.83. The van der Waals surface area contributed by atoms with Crippen LogP contribution < -0.4 is 4.90 Å². The zero-order valence-electron chi connectivity index (χ0n) is 14.9. The minimum Gasteiger partial charge on any atom is -0.465 e. The molecule has 0 N–H and O–H groups in total.